The second kappa shape index (κ2) is 12.4. The smallest absolute Gasteiger partial charge is 0.264 e. The van der Waals surface area contributed by atoms with Gasteiger partial charge in [0.25, 0.3) is 10.0 Å². The van der Waals surface area contributed by atoms with E-state index in [-0.39, 0.29) is 33.8 Å². The van der Waals surface area contributed by atoms with Crippen LogP contribution in [-0.2, 0) is 26.2 Å². The molecule has 0 saturated carbocycles. The van der Waals surface area contributed by atoms with Gasteiger partial charge in [-0.2, -0.15) is 0 Å². The van der Waals surface area contributed by atoms with Gasteiger partial charge in [-0.15, -0.1) is 0 Å². The van der Waals surface area contributed by atoms with Crippen molar-refractivity contribution in [2.75, 3.05) is 25.0 Å². The molecule has 196 valence electrons. The number of halogens is 2. The number of amides is 2. The first-order chi connectivity index (χ1) is 17.6. The molecule has 0 radical (unpaired) electrons. The number of likely N-dealkylation sites (N-methyl/N-ethyl adjacent to an activating group) is 1. The molecule has 8 nitrogen and oxygen atoms in total. The van der Waals surface area contributed by atoms with E-state index in [4.69, 9.17) is 16.3 Å². The van der Waals surface area contributed by atoms with Crippen LogP contribution >= 0.6 is 27.5 Å². The minimum Gasteiger partial charge on any atom is -0.495 e. The van der Waals surface area contributed by atoms with Crippen LogP contribution in [0.1, 0.15) is 12.5 Å². The van der Waals surface area contributed by atoms with E-state index in [1.54, 1.807) is 31.2 Å². The van der Waals surface area contributed by atoms with E-state index in [2.05, 4.69) is 21.2 Å². The number of hydrogen-bond donors (Lipinski definition) is 1. The molecule has 11 heteroatoms. The normalized spacial score (nSPS) is 11.9. The van der Waals surface area contributed by atoms with Crippen molar-refractivity contribution in [2.45, 2.75) is 24.4 Å². The molecule has 3 aromatic rings. The first-order valence-electron chi connectivity index (χ1n) is 11.2. The fourth-order valence-electron chi connectivity index (χ4n) is 3.71. The Balaban J connectivity index is 2.10. The summed E-state index contributed by atoms with van der Waals surface area (Å²) in [6.07, 6.45) is 0. The number of anilines is 1. The topological polar surface area (TPSA) is 96.0 Å². The zero-order valence-corrected chi connectivity index (χ0v) is 23.7. The third kappa shape index (κ3) is 6.82. The first kappa shape index (κ1) is 28.5. The summed E-state index contributed by atoms with van der Waals surface area (Å²) in [7, 11) is -1.35. The molecule has 1 atom stereocenters. The van der Waals surface area contributed by atoms with Gasteiger partial charge >= 0.3 is 0 Å². The number of ether oxygens (including phenoxy) is 1. The number of methoxy groups -OCH3 is 1. The number of sulfonamides is 1. The van der Waals surface area contributed by atoms with Crippen molar-refractivity contribution in [1.82, 2.24) is 10.2 Å². The number of benzene rings is 3. The summed E-state index contributed by atoms with van der Waals surface area (Å²) in [5, 5.41) is 2.82. The van der Waals surface area contributed by atoms with Crippen LogP contribution in [0.25, 0.3) is 0 Å². The maximum atomic E-state index is 13.8. The number of hydrogen-bond acceptors (Lipinski definition) is 5. The number of rotatable bonds is 10. The predicted molar refractivity (Wildman–Crippen MR) is 147 cm³/mol. The molecule has 1 N–H and O–H groups in total. The van der Waals surface area contributed by atoms with Gasteiger partial charge in [0, 0.05) is 23.1 Å². The average molecular weight is 609 g/mol. The van der Waals surface area contributed by atoms with E-state index >= 15 is 0 Å². The second-order valence-electron chi connectivity index (χ2n) is 8.08. The molecular weight excluding hydrogens is 582 g/mol. The van der Waals surface area contributed by atoms with Crippen LogP contribution in [0.3, 0.4) is 0 Å². The van der Waals surface area contributed by atoms with Crippen LogP contribution < -0.4 is 14.4 Å². The number of nitrogens with one attached hydrogen (secondary N) is 1. The Morgan fingerprint density at radius 1 is 1.05 bits per heavy atom. The Bertz CT molecular complexity index is 1370. The van der Waals surface area contributed by atoms with Gasteiger partial charge in [0.05, 0.1) is 17.7 Å². The van der Waals surface area contributed by atoms with Crippen LogP contribution in [0.5, 0.6) is 5.75 Å². The first-order valence-corrected chi connectivity index (χ1v) is 13.9. The lowest BCUT2D eigenvalue weighted by Crippen LogP contribution is -2.50. The summed E-state index contributed by atoms with van der Waals surface area (Å²) in [5.41, 5.74) is 0.860. The van der Waals surface area contributed by atoms with E-state index < -0.39 is 28.5 Å². The van der Waals surface area contributed by atoms with E-state index in [9.17, 15) is 18.0 Å². The Morgan fingerprint density at radius 3 is 2.38 bits per heavy atom. The van der Waals surface area contributed by atoms with Crippen molar-refractivity contribution in [3.05, 3.63) is 87.9 Å². The number of carbonyl (C=O) groups excluding carboxylic acids is 2. The summed E-state index contributed by atoms with van der Waals surface area (Å²) >= 11 is 9.63. The summed E-state index contributed by atoms with van der Waals surface area (Å²) < 4.78 is 34.8. The average Bonchev–Trinajstić information content (AvgIpc) is 2.89. The lowest BCUT2D eigenvalue weighted by atomic mass is 10.1. The molecule has 0 saturated heterocycles. The van der Waals surface area contributed by atoms with Crippen LogP contribution in [0.4, 0.5) is 5.69 Å². The summed E-state index contributed by atoms with van der Waals surface area (Å²) in [4.78, 5) is 27.7. The van der Waals surface area contributed by atoms with Gasteiger partial charge in [0.1, 0.15) is 18.3 Å². The Hall–Kier alpha value is -3.08. The maximum Gasteiger partial charge on any atom is 0.264 e. The van der Waals surface area contributed by atoms with Crippen LogP contribution in [0, 0.1) is 0 Å². The molecule has 0 aliphatic heterocycles. The summed E-state index contributed by atoms with van der Waals surface area (Å²) in [6, 6.07) is 18.7. The highest BCUT2D eigenvalue weighted by Crippen LogP contribution is 2.35. The lowest BCUT2D eigenvalue weighted by Gasteiger charge is -2.32. The van der Waals surface area contributed by atoms with Crippen LogP contribution in [-0.4, -0.2) is 51.9 Å². The molecular formula is C26H27BrClN3O5S. The van der Waals surface area contributed by atoms with Crippen molar-refractivity contribution in [3.8, 4) is 5.75 Å². The Kier molecular flexibility index (Phi) is 9.58. The SMILES string of the molecule is CNC(=O)[C@@H](C)N(Cc1cccc(Br)c1)C(=O)CN(c1cc(Cl)ccc1OC)S(=O)(=O)c1ccccc1. The van der Waals surface area contributed by atoms with Crippen molar-refractivity contribution in [1.29, 1.82) is 0 Å². The molecule has 3 aromatic carbocycles. The predicted octanol–water partition coefficient (Wildman–Crippen LogP) is 4.47. The minimum atomic E-state index is -4.22. The van der Waals surface area contributed by atoms with Crippen molar-refractivity contribution in [2.24, 2.45) is 0 Å². The summed E-state index contributed by atoms with van der Waals surface area (Å²) in [5.74, 6) is -0.756. The van der Waals surface area contributed by atoms with Gasteiger partial charge in [-0.25, -0.2) is 8.42 Å². The number of nitrogens with zero attached hydrogens (tertiary/aromatic N) is 2. The minimum absolute atomic E-state index is 0.0114. The van der Waals surface area contributed by atoms with E-state index in [1.807, 2.05) is 24.3 Å². The molecule has 0 aliphatic carbocycles. The molecule has 0 heterocycles. The third-order valence-corrected chi connectivity index (χ3v) is 8.18. The molecule has 0 spiro atoms. The largest absolute Gasteiger partial charge is 0.495 e. The summed E-state index contributed by atoms with van der Waals surface area (Å²) in [6.45, 7) is 1.08. The molecule has 3 rings (SSSR count). The molecule has 2 amide bonds. The monoisotopic (exact) mass is 607 g/mol. The fraction of sp³-hybridized carbons (Fsp3) is 0.231. The van der Waals surface area contributed by atoms with Crippen molar-refractivity contribution in [3.63, 3.8) is 0 Å². The third-order valence-electron chi connectivity index (χ3n) is 5.68. The van der Waals surface area contributed by atoms with Gasteiger partial charge < -0.3 is 15.0 Å². The number of carbonyl (C=O) groups is 2. The highest BCUT2D eigenvalue weighted by Gasteiger charge is 2.33. The Morgan fingerprint density at radius 2 is 1.76 bits per heavy atom. The lowest BCUT2D eigenvalue weighted by molar-refractivity contribution is -0.139. The maximum absolute atomic E-state index is 13.8. The quantitative estimate of drug-likeness (QED) is 0.367. The fourth-order valence-corrected chi connectivity index (χ4v) is 5.77. The van der Waals surface area contributed by atoms with Crippen LogP contribution in [0.15, 0.2) is 82.2 Å². The molecule has 0 aliphatic rings. The second-order valence-corrected chi connectivity index (χ2v) is 11.3. The highest BCUT2D eigenvalue weighted by molar-refractivity contribution is 9.10. The van der Waals surface area contributed by atoms with Crippen molar-refractivity contribution < 1.29 is 22.7 Å². The molecule has 0 fully saturated rings. The van der Waals surface area contributed by atoms with Gasteiger partial charge in [-0.1, -0.05) is 57.9 Å². The standard InChI is InChI=1S/C26H27BrClN3O5S/c1-18(26(33)29-2)30(16-19-8-7-9-20(27)14-19)25(32)17-31(23-15-21(28)12-13-24(23)36-3)37(34,35)22-10-5-4-6-11-22/h4-15,18H,16-17H2,1-3H3,(H,29,33)/t18-/m1/s1. The molecule has 0 unspecified atom stereocenters. The molecule has 37 heavy (non-hydrogen) atoms. The van der Waals surface area contributed by atoms with E-state index in [0.717, 1.165) is 14.3 Å². The van der Waals surface area contributed by atoms with Gasteiger partial charge in [-0.05, 0) is 55.0 Å². The van der Waals surface area contributed by atoms with Crippen molar-refractivity contribution >= 4 is 55.1 Å². The van der Waals surface area contributed by atoms with Crippen LogP contribution in [0.2, 0.25) is 5.02 Å². The molecule has 0 aromatic heterocycles. The highest BCUT2D eigenvalue weighted by atomic mass is 79.9. The van der Waals surface area contributed by atoms with Gasteiger partial charge in [0.2, 0.25) is 11.8 Å². The zero-order valence-electron chi connectivity index (χ0n) is 20.5. The molecule has 0 bridgehead atoms. The Labute approximate surface area is 230 Å². The van der Waals surface area contributed by atoms with Gasteiger partial charge in [-0.3, -0.25) is 13.9 Å². The zero-order chi connectivity index (χ0) is 27.2. The van der Waals surface area contributed by atoms with E-state index in [1.165, 1.54) is 43.3 Å². The van der Waals surface area contributed by atoms with E-state index in [0.29, 0.717) is 0 Å². The van der Waals surface area contributed by atoms with Gasteiger partial charge in [0.15, 0.2) is 0 Å².